The SMILES string of the molecule is Cc1ccc(-c2ncccc2C)c(C(=O)N2CC3CC3CC2CNc2ccc(C(F)(F)F)cn2)n1. The summed E-state index contributed by atoms with van der Waals surface area (Å²) in [7, 11) is 0. The number of piperidine rings is 1. The van der Waals surface area contributed by atoms with Crippen LogP contribution in [0.25, 0.3) is 11.3 Å². The molecule has 1 aliphatic carbocycles. The van der Waals surface area contributed by atoms with Crippen molar-refractivity contribution < 1.29 is 18.0 Å². The average Bonchev–Trinajstić information content (AvgIpc) is 3.60. The smallest absolute Gasteiger partial charge is 0.368 e. The summed E-state index contributed by atoms with van der Waals surface area (Å²) < 4.78 is 38.5. The number of aromatic nitrogens is 3. The first-order valence-electron chi connectivity index (χ1n) is 11.7. The molecule has 5 rings (SSSR count). The highest BCUT2D eigenvalue weighted by molar-refractivity contribution is 5.99. The van der Waals surface area contributed by atoms with Crippen molar-refractivity contribution in [1.82, 2.24) is 19.9 Å². The molecule has 0 aromatic carbocycles. The fraction of sp³-hybridized carbons (Fsp3) is 0.385. The summed E-state index contributed by atoms with van der Waals surface area (Å²) in [5, 5.41) is 3.13. The Hall–Kier alpha value is -3.49. The van der Waals surface area contributed by atoms with E-state index in [0.29, 0.717) is 42.0 Å². The van der Waals surface area contributed by atoms with Crippen LogP contribution in [0.2, 0.25) is 0 Å². The molecule has 9 heteroatoms. The highest BCUT2D eigenvalue weighted by atomic mass is 19.4. The van der Waals surface area contributed by atoms with Crippen LogP contribution in [0.5, 0.6) is 0 Å². The molecule has 1 aliphatic heterocycles. The molecule has 0 radical (unpaired) electrons. The molecule has 1 amide bonds. The van der Waals surface area contributed by atoms with E-state index < -0.39 is 11.7 Å². The van der Waals surface area contributed by atoms with Crippen LogP contribution in [0.15, 0.2) is 48.8 Å². The van der Waals surface area contributed by atoms with E-state index in [-0.39, 0.29) is 11.9 Å². The number of alkyl halides is 3. The van der Waals surface area contributed by atoms with Gasteiger partial charge in [0.1, 0.15) is 11.5 Å². The maximum absolute atomic E-state index is 13.9. The first-order chi connectivity index (χ1) is 16.7. The Morgan fingerprint density at radius 2 is 1.91 bits per heavy atom. The third-order valence-electron chi connectivity index (χ3n) is 6.89. The predicted molar refractivity (Wildman–Crippen MR) is 126 cm³/mol. The number of nitrogens with zero attached hydrogens (tertiary/aromatic N) is 4. The van der Waals surface area contributed by atoms with Crippen LogP contribution < -0.4 is 5.32 Å². The minimum Gasteiger partial charge on any atom is -0.368 e. The number of rotatable bonds is 5. The topological polar surface area (TPSA) is 71.0 Å². The Labute approximate surface area is 201 Å². The number of nitrogens with one attached hydrogen (secondary N) is 1. The van der Waals surface area contributed by atoms with Crippen molar-refractivity contribution in [2.75, 3.05) is 18.4 Å². The van der Waals surface area contributed by atoms with Crippen molar-refractivity contribution in [2.24, 2.45) is 11.8 Å². The summed E-state index contributed by atoms with van der Waals surface area (Å²) in [6.45, 7) is 4.85. The first kappa shape index (κ1) is 23.3. The van der Waals surface area contributed by atoms with Gasteiger partial charge >= 0.3 is 6.18 Å². The summed E-state index contributed by atoms with van der Waals surface area (Å²) in [4.78, 5) is 28.8. The van der Waals surface area contributed by atoms with E-state index in [2.05, 4.69) is 20.3 Å². The lowest BCUT2D eigenvalue weighted by Crippen LogP contribution is -2.48. The van der Waals surface area contributed by atoms with Gasteiger partial charge in [0.25, 0.3) is 5.91 Å². The average molecular weight is 482 g/mol. The fourth-order valence-electron chi connectivity index (χ4n) is 4.85. The van der Waals surface area contributed by atoms with Gasteiger partial charge in [-0.2, -0.15) is 13.2 Å². The van der Waals surface area contributed by atoms with Crippen LogP contribution in [0.4, 0.5) is 19.0 Å². The molecule has 3 aromatic heterocycles. The van der Waals surface area contributed by atoms with E-state index in [9.17, 15) is 18.0 Å². The molecule has 1 saturated carbocycles. The van der Waals surface area contributed by atoms with Gasteiger partial charge in [0.15, 0.2) is 0 Å². The normalized spacial score (nSPS) is 21.4. The van der Waals surface area contributed by atoms with E-state index in [4.69, 9.17) is 0 Å². The third-order valence-corrected chi connectivity index (χ3v) is 6.89. The number of hydrogen-bond donors (Lipinski definition) is 1. The number of halogens is 3. The number of likely N-dealkylation sites (tertiary alicyclic amines) is 1. The maximum Gasteiger partial charge on any atom is 0.417 e. The highest BCUT2D eigenvalue weighted by Gasteiger charge is 2.47. The van der Waals surface area contributed by atoms with Crippen LogP contribution in [0.3, 0.4) is 0 Å². The molecule has 2 aliphatic rings. The number of hydrogen-bond acceptors (Lipinski definition) is 5. The summed E-state index contributed by atoms with van der Waals surface area (Å²) >= 11 is 0. The summed E-state index contributed by atoms with van der Waals surface area (Å²) in [6, 6.07) is 9.80. The predicted octanol–water partition coefficient (Wildman–Crippen LogP) is 5.14. The number of anilines is 1. The number of carbonyl (C=O) groups excluding carboxylic acids is 1. The van der Waals surface area contributed by atoms with Crippen molar-refractivity contribution in [3.8, 4) is 11.3 Å². The molecule has 35 heavy (non-hydrogen) atoms. The second-order valence-corrected chi connectivity index (χ2v) is 9.43. The van der Waals surface area contributed by atoms with Crippen LogP contribution in [0, 0.1) is 25.7 Å². The van der Waals surface area contributed by atoms with Crippen molar-refractivity contribution in [3.63, 3.8) is 0 Å². The zero-order chi connectivity index (χ0) is 24.7. The van der Waals surface area contributed by atoms with Crippen LogP contribution in [-0.2, 0) is 6.18 Å². The van der Waals surface area contributed by atoms with Crippen LogP contribution in [0.1, 0.15) is 40.2 Å². The van der Waals surface area contributed by atoms with Crippen molar-refractivity contribution >= 4 is 11.7 Å². The van der Waals surface area contributed by atoms with E-state index in [1.165, 1.54) is 6.07 Å². The van der Waals surface area contributed by atoms with Gasteiger partial charge in [-0.15, -0.1) is 0 Å². The van der Waals surface area contributed by atoms with Gasteiger partial charge in [-0.05, 0) is 74.4 Å². The van der Waals surface area contributed by atoms with Gasteiger partial charge in [-0.25, -0.2) is 9.97 Å². The lowest BCUT2D eigenvalue weighted by atomic mass is 9.99. The number of fused-ring (bicyclic) bond motifs is 1. The lowest BCUT2D eigenvalue weighted by Gasteiger charge is -2.36. The largest absolute Gasteiger partial charge is 0.417 e. The lowest BCUT2D eigenvalue weighted by molar-refractivity contribution is -0.137. The minimum atomic E-state index is -4.43. The molecule has 1 N–H and O–H groups in total. The minimum absolute atomic E-state index is 0.115. The molecule has 3 aromatic rings. The molecule has 6 nitrogen and oxygen atoms in total. The Morgan fingerprint density at radius 3 is 2.63 bits per heavy atom. The molecule has 3 unspecified atom stereocenters. The Kier molecular flexibility index (Phi) is 5.94. The number of aryl methyl sites for hydroxylation is 2. The molecule has 182 valence electrons. The fourth-order valence-corrected chi connectivity index (χ4v) is 4.85. The third kappa shape index (κ3) is 4.85. The van der Waals surface area contributed by atoms with E-state index >= 15 is 0 Å². The molecule has 4 heterocycles. The molecule has 2 fully saturated rings. The summed E-state index contributed by atoms with van der Waals surface area (Å²) in [6.07, 6.45) is 0.0285. The molecule has 0 spiro atoms. The zero-order valence-electron chi connectivity index (χ0n) is 19.5. The summed E-state index contributed by atoms with van der Waals surface area (Å²) in [5.41, 5.74) is 2.72. The van der Waals surface area contributed by atoms with Gasteiger partial charge in [-0.1, -0.05) is 6.07 Å². The molecule has 0 bridgehead atoms. The van der Waals surface area contributed by atoms with Gasteiger partial charge in [0.05, 0.1) is 11.3 Å². The zero-order valence-corrected chi connectivity index (χ0v) is 19.5. The standard InChI is InChI=1S/C26H26F3N5O/c1-15-4-3-9-30-23(15)21-7-5-16(2)33-24(21)25(35)34-14-18-10-17(18)11-20(34)13-32-22-8-6-19(12-31-22)26(27,28)29/h3-9,12,17-18,20H,10-11,13-14H2,1-2H3,(H,31,32). The van der Waals surface area contributed by atoms with Gasteiger partial charge in [0.2, 0.25) is 0 Å². The van der Waals surface area contributed by atoms with Crippen molar-refractivity contribution in [3.05, 3.63) is 71.3 Å². The van der Waals surface area contributed by atoms with Crippen molar-refractivity contribution in [2.45, 2.75) is 38.9 Å². The van der Waals surface area contributed by atoms with E-state index in [0.717, 1.165) is 42.1 Å². The Morgan fingerprint density at radius 1 is 1.09 bits per heavy atom. The Balaban J connectivity index is 1.39. The number of carbonyl (C=O) groups is 1. The van der Waals surface area contributed by atoms with E-state index in [1.54, 1.807) is 6.20 Å². The van der Waals surface area contributed by atoms with Gasteiger partial charge < -0.3 is 10.2 Å². The van der Waals surface area contributed by atoms with Crippen LogP contribution >= 0.6 is 0 Å². The molecule has 1 saturated heterocycles. The maximum atomic E-state index is 13.9. The van der Waals surface area contributed by atoms with E-state index in [1.807, 2.05) is 43.0 Å². The second kappa shape index (κ2) is 8.94. The van der Waals surface area contributed by atoms with Gasteiger partial charge in [-0.3, -0.25) is 9.78 Å². The summed E-state index contributed by atoms with van der Waals surface area (Å²) in [5.74, 6) is 1.27. The quantitative estimate of drug-likeness (QED) is 0.547. The second-order valence-electron chi connectivity index (χ2n) is 9.43. The van der Waals surface area contributed by atoms with Gasteiger partial charge in [0, 0.05) is 42.8 Å². The number of pyridine rings is 3. The highest BCUT2D eigenvalue weighted by Crippen LogP contribution is 2.47. The Bertz CT molecular complexity index is 1240. The molecular weight excluding hydrogens is 455 g/mol. The number of amides is 1. The van der Waals surface area contributed by atoms with Crippen LogP contribution in [-0.4, -0.2) is 44.9 Å². The molecule has 3 atom stereocenters. The first-order valence-corrected chi connectivity index (χ1v) is 11.7. The van der Waals surface area contributed by atoms with Crippen molar-refractivity contribution in [1.29, 1.82) is 0 Å². The molecular formula is C26H26F3N5O. The monoisotopic (exact) mass is 481 g/mol.